The molecule has 0 saturated heterocycles. The molecule has 2 N–H and O–H groups in total. The molecule has 92 valence electrons. The maximum absolute atomic E-state index is 11.8. The van der Waals surface area contributed by atoms with Gasteiger partial charge in [0.25, 0.3) is 0 Å². The molecule has 1 aromatic rings. The third-order valence-corrected chi connectivity index (χ3v) is 3.22. The van der Waals surface area contributed by atoms with Gasteiger partial charge < -0.3 is 10.5 Å². The van der Waals surface area contributed by atoms with Crippen molar-refractivity contribution in [2.75, 3.05) is 6.61 Å². The van der Waals surface area contributed by atoms with Gasteiger partial charge in [-0.05, 0) is 24.6 Å². The first-order chi connectivity index (χ1) is 8.06. The molecule has 0 aliphatic carbocycles. The van der Waals surface area contributed by atoms with Gasteiger partial charge in [-0.25, -0.2) is 0 Å². The van der Waals surface area contributed by atoms with Crippen LogP contribution in [0.2, 0.25) is 0 Å². The smallest absolute Gasteiger partial charge is 0.138 e. The predicted octanol–water partition coefficient (Wildman–Crippen LogP) is 2.23. The number of nitrogens with two attached hydrogens (primary N) is 1. The topological polar surface area (TPSA) is 52.3 Å². The zero-order valence-corrected chi connectivity index (χ0v) is 11.4. The largest absolute Gasteiger partial charge is 0.493 e. The number of fused-ring (bicyclic) bond motifs is 1. The fourth-order valence-corrected chi connectivity index (χ4v) is 2.67. The van der Waals surface area contributed by atoms with Crippen molar-refractivity contribution in [2.24, 2.45) is 5.73 Å². The number of ether oxygens (including phenoxy) is 1. The summed E-state index contributed by atoms with van der Waals surface area (Å²) >= 11 is 3.46. The van der Waals surface area contributed by atoms with Crippen LogP contribution in [0.4, 0.5) is 0 Å². The zero-order chi connectivity index (χ0) is 12.4. The van der Waals surface area contributed by atoms with E-state index in [1.165, 1.54) is 5.56 Å². The molecule has 0 radical (unpaired) electrons. The van der Waals surface area contributed by atoms with Crippen LogP contribution in [0, 0.1) is 0 Å². The highest BCUT2D eigenvalue weighted by molar-refractivity contribution is 9.10. The Morgan fingerprint density at radius 1 is 1.59 bits per heavy atom. The van der Waals surface area contributed by atoms with Crippen molar-refractivity contribution in [3.05, 3.63) is 27.7 Å². The van der Waals surface area contributed by atoms with Crippen molar-refractivity contribution >= 4 is 21.7 Å². The van der Waals surface area contributed by atoms with Crippen molar-refractivity contribution in [1.29, 1.82) is 0 Å². The minimum Gasteiger partial charge on any atom is -0.493 e. The fraction of sp³-hybridized carbons (Fsp3) is 0.462. The van der Waals surface area contributed by atoms with Crippen LogP contribution in [-0.2, 0) is 17.6 Å². The van der Waals surface area contributed by atoms with Gasteiger partial charge in [0.1, 0.15) is 11.5 Å². The van der Waals surface area contributed by atoms with Crippen LogP contribution < -0.4 is 10.5 Å². The van der Waals surface area contributed by atoms with Gasteiger partial charge in [-0.15, -0.1) is 0 Å². The quantitative estimate of drug-likeness (QED) is 0.927. The van der Waals surface area contributed by atoms with Gasteiger partial charge in [0.15, 0.2) is 0 Å². The first-order valence-electron chi connectivity index (χ1n) is 5.77. The van der Waals surface area contributed by atoms with E-state index in [0.29, 0.717) is 19.4 Å². The molecule has 1 aromatic carbocycles. The monoisotopic (exact) mass is 297 g/mol. The minimum atomic E-state index is -0.0800. The van der Waals surface area contributed by atoms with E-state index >= 15 is 0 Å². The van der Waals surface area contributed by atoms with Gasteiger partial charge in [-0.1, -0.05) is 15.9 Å². The van der Waals surface area contributed by atoms with Crippen LogP contribution in [0.5, 0.6) is 5.75 Å². The van der Waals surface area contributed by atoms with Crippen LogP contribution in [0.3, 0.4) is 0 Å². The molecule has 4 heteroatoms. The highest BCUT2D eigenvalue weighted by atomic mass is 79.9. The van der Waals surface area contributed by atoms with Crippen molar-refractivity contribution in [2.45, 2.75) is 32.2 Å². The number of rotatable bonds is 4. The Morgan fingerprint density at radius 3 is 3.06 bits per heavy atom. The number of carbonyl (C=O) groups excluding carboxylic acids is 1. The Hall–Kier alpha value is -0.870. The normalized spacial score (nSPS) is 15.2. The summed E-state index contributed by atoms with van der Waals surface area (Å²) in [5.41, 5.74) is 7.78. The highest BCUT2D eigenvalue weighted by Crippen LogP contribution is 2.33. The lowest BCUT2D eigenvalue weighted by Gasteiger charge is -2.09. The summed E-state index contributed by atoms with van der Waals surface area (Å²) < 4.78 is 6.59. The molecule has 1 aliphatic rings. The number of carbonyl (C=O) groups is 1. The molecular formula is C13H16BrNO2. The third kappa shape index (κ3) is 3.07. The van der Waals surface area contributed by atoms with Gasteiger partial charge in [-0.3, -0.25) is 4.79 Å². The number of halogens is 1. The fourth-order valence-electron chi connectivity index (χ4n) is 2.12. The van der Waals surface area contributed by atoms with Gasteiger partial charge in [0, 0.05) is 35.3 Å². The number of hydrogen-bond donors (Lipinski definition) is 1. The van der Waals surface area contributed by atoms with Gasteiger partial charge in [-0.2, -0.15) is 0 Å². The Morgan fingerprint density at radius 2 is 2.35 bits per heavy atom. The molecule has 2 rings (SSSR count). The van der Waals surface area contributed by atoms with Gasteiger partial charge in [0.05, 0.1) is 6.61 Å². The maximum atomic E-state index is 11.8. The Balaban J connectivity index is 2.18. The van der Waals surface area contributed by atoms with E-state index < -0.39 is 0 Å². The Kier molecular flexibility index (Phi) is 3.84. The van der Waals surface area contributed by atoms with E-state index in [0.717, 1.165) is 22.2 Å². The van der Waals surface area contributed by atoms with Gasteiger partial charge >= 0.3 is 0 Å². The van der Waals surface area contributed by atoms with E-state index in [-0.39, 0.29) is 11.8 Å². The van der Waals surface area contributed by atoms with Crippen molar-refractivity contribution in [3.8, 4) is 5.75 Å². The molecular weight excluding hydrogens is 282 g/mol. The lowest BCUT2D eigenvalue weighted by Crippen LogP contribution is -2.20. The predicted molar refractivity (Wildman–Crippen MR) is 70.3 cm³/mol. The van der Waals surface area contributed by atoms with Crippen LogP contribution in [0.25, 0.3) is 0 Å². The van der Waals surface area contributed by atoms with E-state index in [2.05, 4.69) is 22.0 Å². The maximum Gasteiger partial charge on any atom is 0.138 e. The summed E-state index contributed by atoms with van der Waals surface area (Å²) in [6, 6.07) is 3.94. The minimum absolute atomic E-state index is 0.0800. The molecule has 0 aromatic heterocycles. The number of hydrogen-bond acceptors (Lipinski definition) is 3. The molecule has 1 atom stereocenters. The Bertz CT molecular complexity index is 443. The second-order valence-corrected chi connectivity index (χ2v) is 5.46. The summed E-state index contributed by atoms with van der Waals surface area (Å²) in [5, 5.41) is 0. The van der Waals surface area contributed by atoms with E-state index in [1.807, 2.05) is 13.0 Å². The van der Waals surface area contributed by atoms with E-state index in [1.54, 1.807) is 0 Å². The summed E-state index contributed by atoms with van der Waals surface area (Å²) in [6.45, 7) is 2.56. The molecule has 17 heavy (non-hydrogen) atoms. The number of benzene rings is 1. The molecule has 0 spiro atoms. The molecule has 0 bridgehead atoms. The van der Waals surface area contributed by atoms with Crippen LogP contribution in [0.15, 0.2) is 16.6 Å². The van der Waals surface area contributed by atoms with Crippen molar-refractivity contribution in [1.82, 2.24) is 0 Å². The first kappa shape index (κ1) is 12.6. The molecule has 0 fully saturated rings. The lowest BCUT2D eigenvalue weighted by molar-refractivity contribution is -0.118. The zero-order valence-electron chi connectivity index (χ0n) is 9.83. The third-order valence-electron chi connectivity index (χ3n) is 2.76. The van der Waals surface area contributed by atoms with Crippen molar-refractivity contribution in [3.63, 3.8) is 0 Å². The van der Waals surface area contributed by atoms with Crippen molar-refractivity contribution < 1.29 is 9.53 Å². The standard InChI is InChI=1S/C13H16BrNO2/c1-8(15)4-12(16)7-10-6-11(14)5-9-2-3-17-13(9)10/h5-6,8H,2-4,7,15H2,1H3. The first-order valence-corrected chi connectivity index (χ1v) is 6.57. The summed E-state index contributed by atoms with van der Waals surface area (Å²) in [6.07, 6.45) is 1.74. The van der Waals surface area contributed by atoms with Gasteiger partial charge in [0.2, 0.25) is 0 Å². The molecule has 1 aliphatic heterocycles. The average Bonchev–Trinajstić information content (AvgIpc) is 2.63. The average molecular weight is 298 g/mol. The summed E-state index contributed by atoms with van der Waals surface area (Å²) in [5.74, 6) is 1.06. The molecule has 0 saturated carbocycles. The number of ketones is 1. The summed E-state index contributed by atoms with van der Waals surface area (Å²) in [4.78, 5) is 11.8. The van der Waals surface area contributed by atoms with Crippen LogP contribution >= 0.6 is 15.9 Å². The SMILES string of the molecule is CC(N)CC(=O)Cc1cc(Br)cc2c1OCC2. The van der Waals surface area contributed by atoms with Crippen LogP contribution in [-0.4, -0.2) is 18.4 Å². The molecule has 0 amide bonds. The lowest BCUT2D eigenvalue weighted by atomic mass is 10.0. The van der Waals surface area contributed by atoms with Crippen LogP contribution in [0.1, 0.15) is 24.5 Å². The molecule has 1 unspecified atom stereocenters. The second-order valence-electron chi connectivity index (χ2n) is 4.55. The second kappa shape index (κ2) is 5.19. The molecule has 3 nitrogen and oxygen atoms in total. The van der Waals surface area contributed by atoms with E-state index in [9.17, 15) is 4.79 Å². The summed E-state index contributed by atoms with van der Waals surface area (Å²) in [7, 11) is 0. The molecule has 1 heterocycles. The Labute approximate surface area is 109 Å². The van der Waals surface area contributed by atoms with E-state index in [4.69, 9.17) is 10.5 Å². The number of Topliss-reactive ketones (excluding diaryl/α,β-unsaturated/α-hetero) is 1. The highest BCUT2D eigenvalue weighted by Gasteiger charge is 2.19.